The number of thiophene rings is 1. The summed E-state index contributed by atoms with van der Waals surface area (Å²) >= 11 is 1.49. The molecule has 0 spiro atoms. The fourth-order valence-corrected chi connectivity index (χ4v) is 4.63. The van der Waals surface area contributed by atoms with Crippen molar-refractivity contribution in [3.05, 3.63) is 15.8 Å². The first kappa shape index (κ1) is 12.1. The minimum absolute atomic E-state index is 0.472. The molecule has 0 unspecified atom stereocenters. The molecule has 0 aromatic carbocycles. The first-order valence-electron chi connectivity index (χ1n) is 5.61. The lowest BCUT2D eigenvalue weighted by molar-refractivity contribution is 0.557. The maximum Gasteiger partial charge on any atom is 0.185 e. The zero-order valence-corrected chi connectivity index (χ0v) is 11.6. The van der Waals surface area contributed by atoms with E-state index in [9.17, 15) is 8.42 Å². The second-order valence-electron chi connectivity index (χ2n) is 5.26. The van der Waals surface area contributed by atoms with Gasteiger partial charge in [0.2, 0.25) is 0 Å². The molecule has 1 aliphatic carbocycles. The molecular formula is C12H17O2S2. The van der Waals surface area contributed by atoms with Crippen molar-refractivity contribution >= 4 is 21.2 Å². The van der Waals surface area contributed by atoms with E-state index in [0.29, 0.717) is 4.90 Å². The molecule has 0 amide bonds. The Labute approximate surface area is 102 Å². The summed E-state index contributed by atoms with van der Waals surface area (Å²) < 4.78 is 24.0. The average molecular weight is 257 g/mol. The Kier molecular flexibility index (Phi) is 2.91. The van der Waals surface area contributed by atoms with Crippen molar-refractivity contribution in [2.24, 2.45) is 0 Å². The smallest absolute Gasteiger partial charge is 0.185 e. The highest BCUT2D eigenvalue weighted by Crippen LogP contribution is 2.36. The van der Waals surface area contributed by atoms with Gasteiger partial charge in [-0.3, -0.25) is 0 Å². The molecule has 0 saturated carbocycles. The van der Waals surface area contributed by atoms with E-state index in [0.717, 1.165) is 24.8 Å². The van der Waals surface area contributed by atoms with Crippen LogP contribution in [0.15, 0.2) is 4.90 Å². The Morgan fingerprint density at radius 3 is 2.44 bits per heavy atom. The van der Waals surface area contributed by atoms with Crippen LogP contribution in [-0.4, -0.2) is 13.2 Å². The van der Waals surface area contributed by atoms with E-state index in [1.165, 1.54) is 22.6 Å². The molecule has 1 radical (unpaired) electrons. The third-order valence-electron chi connectivity index (χ3n) is 3.03. The van der Waals surface area contributed by atoms with Crippen LogP contribution in [0, 0.1) is 5.38 Å². The van der Waals surface area contributed by atoms with Gasteiger partial charge in [0.15, 0.2) is 9.84 Å². The number of hydrogen-bond donors (Lipinski definition) is 0. The number of fused-ring (bicyclic) bond motifs is 1. The third-order valence-corrected chi connectivity index (χ3v) is 6.66. The predicted molar refractivity (Wildman–Crippen MR) is 66.7 cm³/mol. The Morgan fingerprint density at radius 2 is 1.81 bits per heavy atom. The lowest BCUT2D eigenvalue weighted by Crippen LogP contribution is -2.28. The molecule has 1 aliphatic rings. The standard InChI is InChI=1S/C12H17O2S2/c1-12(2,3)16(13,14)11-8-15-10-7-5-4-6-9(10)11/h4-7H2,1-3H3. The minimum atomic E-state index is -3.22. The van der Waals surface area contributed by atoms with Crippen molar-refractivity contribution in [3.8, 4) is 0 Å². The van der Waals surface area contributed by atoms with Gasteiger partial charge >= 0.3 is 0 Å². The predicted octanol–water partition coefficient (Wildman–Crippen LogP) is 3.00. The summed E-state index contributed by atoms with van der Waals surface area (Å²) in [6.45, 7) is 5.26. The molecule has 0 atom stereocenters. The zero-order valence-electron chi connectivity index (χ0n) is 9.96. The maximum absolute atomic E-state index is 12.4. The van der Waals surface area contributed by atoms with Crippen LogP contribution < -0.4 is 0 Å². The van der Waals surface area contributed by atoms with Crippen molar-refractivity contribution in [1.29, 1.82) is 0 Å². The Bertz CT molecular complexity index is 490. The van der Waals surface area contributed by atoms with Crippen LogP contribution in [0.25, 0.3) is 0 Å². The van der Waals surface area contributed by atoms with Crippen LogP contribution in [0.1, 0.15) is 44.1 Å². The monoisotopic (exact) mass is 257 g/mol. The summed E-state index contributed by atoms with van der Waals surface area (Å²) in [5.41, 5.74) is 1.05. The average Bonchev–Trinajstić information content (AvgIpc) is 2.59. The van der Waals surface area contributed by atoms with Crippen LogP contribution in [-0.2, 0) is 22.7 Å². The van der Waals surface area contributed by atoms with Gasteiger partial charge in [0.25, 0.3) is 0 Å². The molecular weight excluding hydrogens is 240 g/mol. The lowest BCUT2D eigenvalue weighted by Gasteiger charge is -2.20. The second-order valence-corrected chi connectivity index (χ2v) is 8.80. The van der Waals surface area contributed by atoms with Gasteiger partial charge in [0.1, 0.15) is 0 Å². The topological polar surface area (TPSA) is 34.1 Å². The molecule has 1 aromatic heterocycles. The zero-order chi connectivity index (χ0) is 12.0. The van der Waals surface area contributed by atoms with Gasteiger partial charge in [0, 0.05) is 4.88 Å². The number of hydrogen-bond acceptors (Lipinski definition) is 3. The Balaban J connectivity index is 2.54. The molecule has 16 heavy (non-hydrogen) atoms. The highest BCUT2D eigenvalue weighted by Gasteiger charge is 2.35. The molecule has 0 saturated heterocycles. The van der Waals surface area contributed by atoms with Gasteiger partial charge in [-0.15, -0.1) is 11.3 Å². The maximum atomic E-state index is 12.4. The molecule has 1 aromatic rings. The largest absolute Gasteiger partial charge is 0.223 e. The second kappa shape index (κ2) is 3.84. The normalized spacial score (nSPS) is 17.2. The summed E-state index contributed by atoms with van der Waals surface area (Å²) in [6.07, 6.45) is 4.21. The fraction of sp³-hybridized carbons (Fsp3) is 0.667. The van der Waals surface area contributed by atoms with Crippen molar-refractivity contribution in [2.45, 2.75) is 56.1 Å². The molecule has 1 heterocycles. The van der Waals surface area contributed by atoms with Crippen LogP contribution in [0.3, 0.4) is 0 Å². The van der Waals surface area contributed by atoms with E-state index in [4.69, 9.17) is 0 Å². The van der Waals surface area contributed by atoms with Crippen LogP contribution >= 0.6 is 11.3 Å². The first-order valence-corrected chi connectivity index (χ1v) is 7.91. The quantitative estimate of drug-likeness (QED) is 0.775. The Morgan fingerprint density at radius 1 is 1.19 bits per heavy atom. The van der Waals surface area contributed by atoms with Crippen molar-refractivity contribution in [1.82, 2.24) is 0 Å². The van der Waals surface area contributed by atoms with Crippen LogP contribution in [0.2, 0.25) is 0 Å². The van der Waals surface area contributed by atoms with E-state index in [-0.39, 0.29) is 0 Å². The van der Waals surface area contributed by atoms with E-state index in [1.807, 2.05) is 0 Å². The van der Waals surface area contributed by atoms with Gasteiger partial charge in [-0.25, -0.2) is 8.42 Å². The van der Waals surface area contributed by atoms with E-state index in [1.54, 1.807) is 20.8 Å². The summed E-state index contributed by atoms with van der Waals surface area (Å²) in [4.78, 5) is 1.70. The summed E-state index contributed by atoms with van der Waals surface area (Å²) in [6, 6.07) is 0. The highest BCUT2D eigenvalue weighted by atomic mass is 32.2. The van der Waals surface area contributed by atoms with Crippen molar-refractivity contribution < 1.29 is 8.42 Å². The first-order chi connectivity index (χ1) is 7.34. The van der Waals surface area contributed by atoms with Gasteiger partial charge in [0.05, 0.1) is 15.0 Å². The lowest BCUT2D eigenvalue weighted by atomic mass is 10.00. The van der Waals surface area contributed by atoms with E-state index >= 15 is 0 Å². The molecule has 2 nitrogen and oxygen atoms in total. The molecule has 89 valence electrons. The van der Waals surface area contributed by atoms with Gasteiger partial charge in [-0.2, -0.15) is 0 Å². The fourth-order valence-electron chi connectivity index (χ4n) is 1.92. The van der Waals surface area contributed by atoms with E-state index in [2.05, 4.69) is 5.38 Å². The molecule has 4 heteroatoms. The van der Waals surface area contributed by atoms with Crippen LogP contribution in [0.4, 0.5) is 0 Å². The summed E-state index contributed by atoms with van der Waals surface area (Å²) in [5, 5.41) is 3.02. The molecule has 0 N–H and O–H groups in total. The number of sulfone groups is 1. The third kappa shape index (κ3) is 1.82. The SMILES string of the molecule is CC(C)(C)S(=O)(=O)c1[c]sc2c1CCCC2. The minimum Gasteiger partial charge on any atom is -0.223 e. The summed E-state index contributed by atoms with van der Waals surface area (Å²) in [7, 11) is -3.22. The van der Waals surface area contributed by atoms with E-state index < -0.39 is 14.6 Å². The van der Waals surface area contributed by atoms with Crippen molar-refractivity contribution in [3.63, 3.8) is 0 Å². The molecule has 2 rings (SSSR count). The van der Waals surface area contributed by atoms with Gasteiger partial charge in [-0.1, -0.05) is 0 Å². The van der Waals surface area contributed by atoms with Gasteiger partial charge < -0.3 is 0 Å². The number of rotatable bonds is 1. The number of aryl methyl sites for hydroxylation is 1. The molecule has 0 fully saturated rings. The van der Waals surface area contributed by atoms with Crippen molar-refractivity contribution in [2.75, 3.05) is 0 Å². The molecule has 0 aliphatic heterocycles. The molecule has 0 bridgehead atoms. The van der Waals surface area contributed by atoms with Gasteiger partial charge in [-0.05, 0) is 52.0 Å². The summed E-state index contributed by atoms with van der Waals surface area (Å²) in [5.74, 6) is 0. The Hall–Kier alpha value is -0.350. The highest BCUT2D eigenvalue weighted by molar-refractivity contribution is 7.93. The van der Waals surface area contributed by atoms with Crippen LogP contribution in [0.5, 0.6) is 0 Å².